The van der Waals surface area contributed by atoms with Crippen LogP contribution in [-0.4, -0.2) is 40.1 Å². The summed E-state index contributed by atoms with van der Waals surface area (Å²) in [5, 5.41) is 7.16. The number of imidazole rings is 1. The second-order valence-corrected chi connectivity index (χ2v) is 6.11. The Balaban J connectivity index is 1.96. The molecule has 0 amide bonds. The van der Waals surface area contributed by atoms with Crippen molar-refractivity contribution in [3.63, 3.8) is 0 Å². The maximum absolute atomic E-state index is 5.95. The van der Waals surface area contributed by atoms with Crippen LogP contribution in [0.2, 0.25) is 0 Å². The third kappa shape index (κ3) is 4.16. The van der Waals surface area contributed by atoms with Gasteiger partial charge in [0.15, 0.2) is 5.84 Å². The molecule has 0 radical (unpaired) electrons. The molecule has 1 aliphatic heterocycles. The van der Waals surface area contributed by atoms with Crippen LogP contribution in [0.4, 0.5) is 0 Å². The van der Waals surface area contributed by atoms with Crippen LogP contribution in [0.25, 0.3) is 0 Å². The second-order valence-electron chi connectivity index (χ2n) is 6.11. The van der Waals surface area contributed by atoms with Crippen LogP contribution in [0, 0.1) is 0 Å². The maximum atomic E-state index is 5.95. The third-order valence-corrected chi connectivity index (χ3v) is 4.16. The Labute approximate surface area is 144 Å². The van der Waals surface area contributed by atoms with E-state index in [9.17, 15) is 0 Å². The van der Waals surface area contributed by atoms with Gasteiger partial charge in [0, 0.05) is 25.5 Å². The van der Waals surface area contributed by atoms with E-state index in [2.05, 4.69) is 23.0 Å². The SMILES string of the molecule is CCCOc1ccccc1C(=NN1CCCCCC1)n1ccnc1. The molecule has 24 heavy (non-hydrogen) atoms. The summed E-state index contributed by atoms with van der Waals surface area (Å²) in [6.45, 7) is 4.84. The van der Waals surface area contributed by atoms with Crippen molar-refractivity contribution in [2.45, 2.75) is 39.0 Å². The van der Waals surface area contributed by atoms with Gasteiger partial charge in [-0.05, 0) is 31.4 Å². The van der Waals surface area contributed by atoms with Crippen molar-refractivity contribution >= 4 is 5.84 Å². The van der Waals surface area contributed by atoms with E-state index in [4.69, 9.17) is 9.84 Å². The minimum atomic E-state index is 0.706. The summed E-state index contributed by atoms with van der Waals surface area (Å²) in [7, 11) is 0. The van der Waals surface area contributed by atoms with Crippen molar-refractivity contribution in [3.05, 3.63) is 48.5 Å². The molecule has 1 fully saturated rings. The summed E-state index contributed by atoms with van der Waals surface area (Å²) < 4.78 is 7.92. The van der Waals surface area contributed by atoms with Crippen molar-refractivity contribution in [3.8, 4) is 5.75 Å². The molecule has 0 atom stereocenters. The average molecular weight is 326 g/mol. The van der Waals surface area contributed by atoms with Crippen LogP contribution in [-0.2, 0) is 0 Å². The molecule has 0 aliphatic carbocycles. The van der Waals surface area contributed by atoms with E-state index in [1.165, 1.54) is 25.7 Å². The molecule has 1 aromatic carbocycles. The van der Waals surface area contributed by atoms with Gasteiger partial charge in [0.2, 0.25) is 0 Å². The molecule has 0 bridgehead atoms. The van der Waals surface area contributed by atoms with E-state index in [1.54, 1.807) is 12.5 Å². The first kappa shape index (κ1) is 16.6. The molecule has 0 spiro atoms. The van der Waals surface area contributed by atoms with E-state index in [0.717, 1.165) is 36.7 Å². The van der Waals surface area contributed by atoms with Crippen LogP contribution >= 0.6 is 0 Å². The minimum absolute atomic E-state index is 0.706. The summed E-state index contributed by atoms with van der Waals surface area (Å²) in [6, 6.07) is 8.12. The number of nitrogens with zero attached hydrogens (tertiary/aromatic N) is 4. The predicted octanol–water partition coefficient (Wildman–Crippen LogP) is 3.76. The van der Waals surface area contributed by atoms with Crippen LogP contribution in [0.3, 0.4) is 0 Å². The summed E-state index contributed by atoms with van der Waals surface area (Å²) in [4.78, 5) is 4.19. The zero-order chi connectivity index (χ0) is 16.6. The zero-order valence-electron chi connectivity index (χ0n) is 14.4. The number of hydrogen-bond acceptors (Lipinski definition) is 4. The number of benzene rings is 1. The Morgan fingerprint density at radius 1 is 1.17 bits per heavy atom. The molecule has 2 heterocycles. The summed E-state index contributed by atoms with van der Waals surface area (Å²) in [5.41, 5.74) is 1.01. The van der Waals surface area contributed by atoms with E-state index >= 15 is 0 Å². The molecule has 1 aliphatic rings. The Hall–Kier alpha value is -2.30. The monoisotopic (exact) mass is 326 g/mol. The van der Waals surface area contributed by atoms with E-state index in [-0.39, 0.29) is 0 Å². The minimum Gasteiger partial charge on any atom is -0.493 e. The van der Waals surface area contributed by atoms with Gasteiger partial charge in [-0.1, -0.05) is 31.9 Å². The Morgan fingerprint density at radius 3 is 2.67 bits per heavy atom. The van der Waals surface area contributed by atoms with Gasteiger partial charge >= 0.3 is 0 Å². The van der Waals surface area contributed by atoms with Crippen molar-refractivity contribution in [2.75, 3.05) is 19.7 Å². The Bertz CT molecular complexity index is 643. The topological polar surface area (TPSA) is 42.6 Å². The number of para-hydroxylation sites is 1. The molecule has 3 rings (SSSR count). The number of ether oxygens (including phenoxy) is 1. The number of aromatic nitrogens is 2. The quantitative estimate of drug-likeness (QED) is 0.621. The zero-order valence-corrected chi connectivity index (χ0v) is 14.4. The highest BCUT2D eigenvalue weighted by atomic mass is 16.5. The van der Waals surface area contributed by atoms with Gasteiger partial charge in [-0.15, -0.1) is 0 Å². The fourth-order valence-corrected chi connectivity index (χ4v) is 2.91. The first-order valence-corrected chi connectivity index (χ1v) is 8.92. The molecule has 5 heteroatoms. The first-order valence-electron chi connectivity index (χ1n) is 8.92. The molecule has 0 unspecified atom stereocenters. The Morgan fingerprint density at radius 2 is 1.96 bits per heavy atom. The summed E-state index contributed by atoms with van der Waals surface area (Å²) >= 11 is 0. The number of hydrogen-bond donors (Lipinski definition) is 0. The van der Waals surface area contributed by atoms with Crippen molar-refractivity contribution in [1.29, 1.82) is 0 Å². The largest absolute Gasteiger partial charge is 0.493 e. The lowest BCUT2D eigenvalue weighted by atomic mass is 10.2. The van der Waals surface area contributed by atoms with Crippen molar-refractivity contribution in [2.24, 2.45) is 5.10 Å². The number of hydrazone groups is 1. The highest BCUT2D eigenvalue weighted by molar-refractivity contribution is 6.02. The fraction of sp³-hybridized carbons (Fsp3) is 0.474. The molecule has 5 nitrogen and oxygen atoms in total. The standard InChI is InChI=1S/C19H26N4O/c1-2-15-24-18-10-6-5-9-17(18)19(22-14-11-20-16-22)21-23-12-7-3-4-8-13-23/h5-6,9-11,14,16H,2-4,7-8,12-13,15H2,1H3. The van der Waals surface area contributed by atoms with Crippen LogP contribution in [0.15, 0.2) is 48.1 Å². The molecular formula is C19H26N4O. The average Bonchev–Trinajstić information content (AvgIpc) is 3.02. The van der Waals surface area contributed by atoms with Crippen molar-refractivity contribution in [1.82, 2.24) is 14.6 Å². The predicted molar refractivity (Wildman–Crippen MR) is 96.4 cm³/mol. The molecule has 128 valence electrons. The smallest absolute Gasteiger partial charge is 0.169 e. The fourth-order valence-electron chi connectivity index (χ4n) is 2.91. The van der Waals surface area contributed by atoms with Gasteiger partial charge in [-0.3, -0.25) is 9.58 Å². The van der Waals surface area contributed by atoms with Gasteiger partial charge < -0.3 is 4.74 Å². The van der Waals surface area contributed by atoms with Gasteiger partial charge in [0.25, 0.3) is 0 Å². The van der Waals surface area contributed by atoms with E-state index < -0.39 is 0 Å². The molecular weight excluding hydrogens is 300 g/mol. The molecule has 1 aromatic heterocycles. The molecule has 0 N–H and O–H groups in total. The molecule has 0 saturated carbocycles. The van der Waals surface area contributed by atoms with Gasteiger partial charge in [0.05, 0.1) is 12.2 Å². The third-order valence-electron chi connectivity index (χ3n) is 4.16. The first-order chi connectivity index (χ1) is 11.9. The number of rotatable bonds is 5. The second kappa shape index (κ2) is 8.52. The highest BCUT2D eigenvalue weighted by Crippen LogP contribution is 2.21. The summed E-state index contributed by atoms with van der Waals surface area (Å²) in [6.07, 6.45) is 11.5. The summed E-state index contributed by atoms with van der Waals surface area (Å²) in [5.74, 6) is 1.75. The van der Waals surface area contributed by atoms with Gasteiger partial charge in [-0.2, -0.15) is 5.10 Å². The van der Waals surface area contributed by atoms with Gasteiger partial charge in [-0.25, -0.2) is 4.98 Å². The van der Waals surface area contributed by atoms with Crippen LogP contribution in [0.5, 0.6) is 5.75 Å². The lowest BCUT2D eigenvalue weighted by Gasteiger charge is -2.20. The van der Waals surface area contributed by atoms with E-state index in [0.29, 0.717) is 6.61 Å². The Kier molecular flexibility index (Phi) is 5.88. The van der Waals surface area contributed by atoms with Crippen LogP contribution in [0.1, 0.15) is 44.6 Å². The molecule has 2 aromatic rings. The van der Waals surface area contributed by atoms with Crippen LogP contribution < -0.4 is 4.74 Å². The van der Waals surface area contributed by atoms with E-state index in [1.807, 2.05) is 29.0 Å². The molecule has 1 saturated heterocycles. The lowest BCUT2D eigenvalue weighted by Crippen LogP contribution is -2.24. The lowest BCUT2D eigenvalue weighted by molar-refractivity contribution is 0.298. The highest BCUT2D eigenvalue weighted by Gasteiger charge is 2.15. The van der Waals surface area contributed by atoms with Crippen molar-refractivity contribution < 1.29 is 4.74 Å². The maximum Gasteiger partial charge on any atom is 0.169 e. The van der Waals surface area contributed by atoms with Gasteiger partial charge in [0.1, 0.15) is 12.1 Å². The normalized spacial score (nSPS) is 16.0.